The molecule has 2 aromatic rings. The number of unbranched alkanes of at least 4 members (excludes halogenated alkanes) is 1. The number of benzene rings is 2. The van der Waals surface area contributed by atoms with Crippen LogP contribution in [0, 0.1) is 0 Å². The monoisotopic (exact) mass is 538 g/mol. The first-order chi connectivity index (χ1) is 17.4. The molecule has 3 N–H and O–H groups in total. The van der Waals surface area contributed by atoms with E-state index >= 15 is 0 Å². The second-order valence-electron chi connectivity index (χ2n) is 15.8. The fourth-order valence-electron chi connectivity index (χ4n) is 5.40. The van der Waals surface area contributed by atoms with Gasteiger partial charge in [0, 0.05) is 11.8 Å². The number of aliphatic carboxylic acids is 1. The molecule has 39 heavy (non-hydrogen) atoms. The van der Waals surface area contributed by atoms with Gasteiger partial charge in [0.2, 0.25) is 0 Å². The molecule has 0 saturated carbocycles. The summed E-state index contributed by atoms with van der Waals surface area (Å²) < 4.78 is 0. The van der Waals surface area contributed by atoms with Crippen LogP contribution in [0.5, 0.6) is 11.5 Å². The van der Waals surface area contributed by atoms with E-state index in [2.05, 4.69) is 114 Å². The molecular weight excluding hydrogens is 484 g/mol. The van der Waals surface area contributed by atoms with Gasteiger partial charge in [-0.2, -0.15) is 0 Å². The molecule has 0 saturated heterocycles. The zero-order chi connectivity index (χ0) is 30.4. The van der Waals surface area contributed by atoms with Gasteiger partial charge >= 0.3 is 5.97 Å². The van der Waals surface area contributed by atoms with Crippen molar-refractivity contribution in [1.82, 2.24) is 0 Å². The number of aromatic hydroxyl groups is 2. The van der Waals surface area contributed by atoms with Gasteiger partial charge in [0.1, 0.15) is 11.5 Å². The van der Waals surface area contributed by atoms with Crippen molar-refractivity contribution in [3.8, 4) is 11.5 Å². The Bertz CT molecular complexity index is 1040. The van der Waals surface area contributed by atoms with Crippen LogP contribution in [-0.2, 0) is 31.9 Å². The highest BCUT2D eigenvalue weighted by Crippen LogP contribution is 2.48. The van der Waals surface area contributed by atoms with Crippen LogP contribution >= 0.6 is 0 Å². The Labute approximate surface area is 237 Å². The van der Waals surface area contributed by atoms with Crippen molar-refractivity contribution in [2.75, 3.05) is 0 Å². The van der Waals surface area contributed by atoms with Crippen LogP contribution in [0.1, 0.15) is 149 Å². The smallest absolute Gasteiger partial charge is 0.303 e. The lowest BCUT2D eigenvalue weighted by Crippen LogP contribution is -2.28. The van der Waals surface area contributed by atoms with E-state index in [9.17, 15) is 20.1 Å². The number of carbonyl (C=O) groups is 1. The van der Waals surface area contributed by atoms with E-state index in [-0.39, 0.29) is 28.1 Å². The van der Waals surface area contributed by atoms with Crippen molar-refractivity contribution in [3.63, 3.8) is 0 Å². The highest BCUT2D eigenvalue weighted by Gasteiger charge is 2.37. The van der Waals surface area contributed by atoms with Crippen LogP contribution in [0.3, 0.4) is 0 Å². The summed E-state index contributed by atoms with van der Waals surface area (Å²) in [4.78, 5) is 11.3. The number of hydrogen-bond acceptors (Lipinski definition) is 3. The average Bonchev–Trinajstić information content (AvgIpc) is 2.73. The molecule has 0 aliphatic rings. The molecule has 0 amide bonds. The Hall–Kier alpha value is -2.49. The van der Waals surface area contributed by atoms with Gasteiger partial charge < -0.3 is 15.3 Å². The molecule has 0 heterocycles. The third-order valence-electron chi connectivity index (χ3n) is 8.04. The molecule has 0 aromatic heterocycles. The third kappa shape index (κ3) is 7.38. The minimum atomic E-state index is -0.777. The number of hydrogen-bond donors (Lipinski definition) is 3. The predicted molar refractivity (Wildman–Crippen MR) is 164 cm³/mol. The molecule has 0 unspecified atom stereocenters. The molecule has 218 valence electrons. The fourth-order valence-corrected chi connectivity index (χ4v) is 5.40. The predicted octanol–water partition coefficient (Wildman–Crippen LogP) is 9.24. The molecule has 0 spiro atoms. The number of carboxylic acid groups (broad SMARTS) is 1. The molecular formula is C35H54O4. The van der Waals surface area contributed by atoms with Gasteiger partial charge in [-0.1, -0.05) is 121 Å². The van der Waals surface area contributed by atoms with Crippen LogP contribution < -0.4 is 0 Å². The normalized spacial score (nSPS) is 13.6. The fraction of sp³-hybridized carbons (Fsp3) is 0.629. The Morgan fingerprint density at radius 1 is 0.564 bits per heavy atom. The number of rotatable bonds is 7. The van der Waals surface area contributed by atoms with Crippen LogP contribution in [0.4, 0.5) is 0 Å². The van der Waals surface area contributed by atoms with E-state index in [1.165, 1.54) is 0 Å². The Kier molecular flexibility index (Phi) is 9.08. The summed E-state index contributed by atoms with van der Waals surface area (Å²) in [5.74, 6) is -0.0760. The highest BCUT2D eigenvalue weighted by molar-refractivity contribution is 5.66. The zero-order valence-electron chi connectivity index (χ0n) is 26.9. The summed E-state index contributed by atoms with van der Waals surface area (Å²) in [6.45, 7) is 27.7. The van der Waals surface area contributed by atoms with E-state index in [1.54, 1.807) is 0 Å². The molecule has 4 heteroatoms. The topological polar surface area (TPSA) is 77.8 Å². The van der Waals surface area contributed by atoms with E-state index < -0.39 is 11.4 Å². The molecule has 4 nitrogen and oxygen atoms in total. The summed E-state index contributed by atoms with van der Waals surface area (Å²) in [6.07, 6.45) is 2.23. The highest BCUT2D eigenvalue weighted by atomic mass is 16.4. The lowest BCUT2D eigenvalue weighted by molar-refractivity contribution is -0.137. The van der Waals surface area contributed by atoms with E-state index in [1.807, 2.05) is 0 Å². The van der Waals surface area contributed by atoms with Crippen molar-refractivity contribution in [2.24, 2.45) is 0 Å². The van der Waals surface area contributed by atoms with Crippen LogP contribution in [-0.4, -0.2) is 21.3 Å². The molecule has 2 aromatic carbocycles. The van der Waals surface area contributed by atoms with Crippen LogP contribution in [0.15, 0.2) is 24.3 Å². The first kappa shape index (κ1) is 32.7. The van der Waals surface area contributed by atoms with Gasteiger partial charge in [-0.05, 0) is 67.9 Å². The van der Waals surface area contributed by atoms with Crippen LogP contribution in [0.25, 0.3) is 0 Å². The Morgan fingerprint density at radius 3 is 1.08 bits per heavy atom. The lowest BCUT2D eigenvalue weighted by atomic mass is 9.67. The maximum atomic E-state index is 11.4. The molecule has 0 bridgehead atoms. The lowest BCUT2D eigenvalue weighted by Gasteiger charge is -2.38. The standard InChI is InChI=1S/C35H54O4/c1-31(2,3)24-18-22(19-25(29(24)38)32(4,5)6)35(13,17-15-14-16-28(36)37)23-20-26(33(7,8)9)30(39)27(21-23)34(10,11)12/h18-21,38-39H,14-17H2,1-13H3,(H,36,37). The third-order valence-corrected chi connectivity index (χ3v) is 8.04. The van der Waals surface area contributed by atoms with Crippen molar-refractivity contribution < 1.29 is 20.1 Å². The van der Waals surface area contributed by atoms with Crippen molar-refractivity contribution in [3.05, 3.63) is 57.6 Å². The van der Waals surface area contributed by atoms with Crippen molar-refractivity contribution in [1.29, 1.82) is 0 Å². The maximum Gasteiger partial charge on any atom is 0.303 e. The number of carboxylic acids is 1. The summed E-state index contributed by atoms with van der Waals surface area (Å²) in [5.41, 5.74) is 4.30. The second-order valence-corrected chi connectivity index (χ2v) is 15.8. The summed E-state index contributed by atoms with van der Waals surface area (Å²) in [7, 11) is 0. The van der Waals surface area contributed by atoms with Crippen molar-refractivity contribution >= 4 is 5.97 Å². The summed E-state index contributed by atoms with van der Waals surface area (Å²) >= 11 is 0. The number of phenols is 2. The Morgan fingerprint density at radius 2 is 0.846 bits per heavy atom. The molecule has 0 radical (unpaired) electrons. The van der Waals surface area contributed by atoms with E-state index in [0.717, 1.165) is 46.2 Å². The molecule has 0 fully saturated rings. The minimum Gasteiger partial charge on any atom is -0.507 e. The zero-order valence-corrected chi connectivity index (χ0v) is 26.9. The molecule has 2 rings (SSSR count). The van der Waals surface area contributed by atoms with Gasteiger partial charge in [0.15, 0.2) is 0 Å². The minimum absolute atomic E-state index is 0.141. The summed E-state index contributed by atoms with van der Waals surface area (Å²) in [6, 6.07) is 8.62. The molecule has 0 atom stereocenters. The molecule has 0 aliphatic heterocycles. The van der Waals surface area contributed by atoms with Gasteiger partial charge in [0.25, 0.3) is 0 Å². The quantitative estimate of drug-likeness (QED) is 0.307. The van der Waals surface area contributed by atoms with E-state index in [4.69, 9.17) is 0 Å². The van der Waals surface area contributed by atoms with Crippen LogP contribution in [0.2, 0.25) is 0 Å². The SMILES string of the molecule is CC(C)(C)c1cc(C(C)(CCCCC(=O)O)c2cc(C(C)(C)C)c(O)c(C(C)(C)C)c2)cc(C(C)(C)C)c1O. The summed E-state index contributed by atoms with van der Waals surface area (Å²) in [5, 5.41) is 32.2. The second kappa shape index (κ2) is 10.8. The van der Waals surface area contributed by atoms with Gasteiger partial charge in [-0.3, -0.25) is 4.79 Å². The first-order valence-electron chi connectivity index (χ1n) is 14.4. The van der Waals surface area contributed by atoms with Crippen molar-refractivity contribution in [2.45, 2.75) is 143 Å². The Balaban J connectivity index is 3.02. The van der Waals surface area contributed by atoms with Gasteiger partial charge in [-0.15, -0.1) is 0 Å². The number of phenolic OH excluding ortho intramolecular Hbond substituents is 2. The maximum absolute atomic E-state index is 11.4. The van der Waals surface area contributed by atoms with Gasteiger partial charge in [-0.25, -0.2) is 0 Å². The molecule has 0 aliphatic carbocycles. The first-order valence-corrected chi connectivity index (χ1v) is 14.4. The average molecular weight is 539 g/mol. The largest absolute Gasteiger partial charge is 0.507 e. The van der Waals surface area contributed by atoms with E-state index in [0.29, 0.717) is 17.9 Å². The van der Waals surface area contributed by atoms with Gasteiger partial charge in [0.05, 0.1) is 0 Å².